The van der Waals surface area contributed by atoms with Gasteiger partial charge in [-0.3, -0.25) is 14.7 Å². The highest BCUT2D eigenvalue weighted by Gasteiger charge is 2.36. The third-order valence-corrected chi connectivity index (χ3v) is 4.90. The molecule has 0 bridgehead atoms. The number of hydrogen-bond donors (Lipinski definition) is 4. The van der Waals surface area contributed by atoms with Crippen molar-refractivity contribution in [2.75, 3.05) is 13.1 Å². The molecule has 0 saturated heterocycles. The first-order chi connectivity index (χ1) is 12.0. The number of nitrogens with zero attached hydrogens (tertiary/aromatic N) is 1. The summed E-state index contributed by atoms with van der Waals surface area (Å²) >= 11 is 0. The number of aromatic amines is 1. The number of aromatic nitrogens is 2. The van der Waals surface area contributed by atoms with Crippen LogP contribution in [-0.4, -0.2) is 51.9 Å². The van der Waals surface area contributed by atoms with Crippen LogP contribution in [0.4, 0.5) is 0 Å². The number of aliphatic hydroxyl groups is 1. The minimum Gasteiger partial charge on any atom is -0.389 e. The van der Waals surface area contributed by atoms with Gasteiger partial charge in [-0.25, -0.2) is 0 Å². The molecule has 3 rings (SSSR count). The van der Waals surface area contributed by atoms with Crippen LogP contribution < -0.4 is 10.6 Å². The molecule has 1 saturated carbocycles. The van der Waals surface area contributed by atoms with Crippen molar-refractivity contribution in [1.82, 2.24) is 20.8 Å². The lowest BCUT2D eigenvalue weighted by Gasteiger charge is -2.36. The van der Waals surface area contributed by atoms with Crippen molar-refractivity contribution < 1.29 is 19.4 Å². The van der Waals surface area contributed by atoms with Gasteiger partial charge in [0.2, 0.25) is 5.91 Å². The van der Waals surface area contributed by atoms with Gasteiger partial charge in [0.1, 0.15) is 0 Å². The molecule has 8 heteroatoms. The molecule has 0 spiro atoms. The lowest BCUT2D eigenvalue weighted by Crippen LogP contribution is -2.44. The third-order valence-electron chi connectivity index (χ3n) is 4.90. The lowest BCUT2D eigenvalue weighted by molar-refractivity contribution is -0.130. The van der Waals surface area contributed by atoms with Gasteiger partial charge in [0.05, 0.1) is 30.4 Å². The van der Waals surface area contributed by atoms with Crippen LogP contribution in [0.15, 0.2) is 0 Å². The summed E-state index contributed by atoms with van der Waals surface area (Å²) in [5.74, 6) is -0.346. The monoisotopic (exact) mass is 350 g/mol. The average molecular weight is 350 g/mol. The predicted molar refractivity (Wildman–Crippen MR) is 89.9 cm³/mol. The van der Waals surface area contributed by atoms with E-state index in [4.69, 9.17) is 4.74 Å². The van der Waals surface area contributed by atoms with Gasteiger partial charge in [-0.05, 0) is 25.7 Å². The standard InChI is InChI=1S/C17H26N4O4/c1-2-6-18-16(23)15-12-7-11(25-10-13(12)20-21-15)9-19-14(22)8-17(24)4-3-5-17/h11,24H,2-10H2,1H3,(H,18,23)(H,19,22)(H,20,21). The van der Waals surface area contributed by atoms with E-state index in [-0.39, 0.29) is 24.3 Å². The van der Waals surface area contributed by atoms with E-state index in [1.54, 1.807) is 0 Å². The molecule has 138 valence electrons. The fourth-order valence-corrected chi connectivity index (χ4v) is 3.22. The van der Waals surface area contributed by atoms with E-state index >= 15 is 0 Å². The molecule has 1 atom stereocenters. The van der Waals surface area contributed by atoms with Crippen molar-refractivity contribution in [1.29, 1.82) is 0 Å². The van der Waals surface area contributed by atoms with Gasteiger partial charge in [-0.2, -0.15) is 5.10 Å². The predicted octanol–water partition coefficient (Wildman–Crippen LogP) is 0.412. The normalized spacial score (nSPS) is 21.1. The second-order valence-electron chi connectivity index (χ2n) is 6.98. The van der Waals surface area contributed by atoms with Crippen LogP contribution in [0.2, 0.25) is 0 Å². The fourth-order valence-electron chi connectivity index (χ4n) is 3.22. The summed E-state index contributed by atoms with van der Waals surface area (Å²) in [7, 11) is 0. The van der Waals surface area contributed by atoms with Crippen LogP contribution in [0.5, 0.6) is 0 Å². The topological polar surface area (TPSA) is 116 Å². The molecule has 1 aromatic heterocycles. The van der Waals surface area contributed by atoms with Gasteiger partial charge in [-0.15, -0.1) is 0 Å². The number of rotatable bonds is 7. The molecule has 0 aromatic carbocycles. The Labute approximate surface area is 146 Å². The van der Waals surface area contributed by atoms with E-state index in [9.17, 15) is 14.7 Å². The summed E-state index contributed by atoms with van der Waals surface area (Å²) in [5, 5.41) is 22.7. The molecule has 4 N–H and O–H groups in total. The number of ether oxygens (including phenoxy) is 1. The molecule has 25 heavy (non-hydrogen) atoms. The SMILES string of the molecule is CCCNC(=O)c1n[nH]c2c1CC(CNC(=O)CC1(O)CCC1)OC2. The summed E-state index contributed by atoms with van der Waals surface area (Å²) < 4.78 is 5.72. The van der Waals surface area contributed by atoms with Gasteiger partial charge in [0.15, 0.2) is 5.69 Å². The number of carbonyl (C=O) groups excluding carboxylic acids is 2. The van der Waals surface area contributed by atoms with Crippen LogP contribution in [0, 0.1) is 0 Å². The van der Waals surface area contributed by atoms with Crippen LogP contribution in [0.1, 0.15) is 60.8 Å². The molecule has 1 aliphatic heterocycles. The van der Waals surface area contributed by atoms with Crippen LogP contribution >= 0.6 is 0 Å². The third kappa shape index (κ3) is 4.19. The molecule has 0 radical (unpaired) electrons. The highest BCUT2D eigenvalue weighted by Crippen LogP contribution is 2.34. The molecular formula is C17H26N4O4. The van der Waals surface area contributed by atoms with E-state index in [0.717, 1.165) is 24.1 Å². The van der Waals surface area contributed by atoms with Crippen molar-refractivity contribution in [3.05, 3.63) is 17.0 Å². The lowest BCUT2D eigenvalue weighted by atomic mass is 9.78. The number of nitrogens with one attached hydrogen (secondary N) is 3. The highest BCUT2D eigenvalue weighted by atomic mass is 16.5. The average Bonchev–Trinajstić information content (AvgIpc) is 2.99. The summed E-state index contributed by atoms with van der Waals surface area (Å²) in [5.41, 5.74) is 1.26. The molecule has 1 unspecified atom stereocenters. The quantitative estimate of drug-likeness (QED) is 0.568. The minimum atomic E-state index is -0.820. The fraction of sp³-hybridized carbons (Fsp3) is 0.706. The maximum atomic E-state index is 12.2. The Bertz CT molecular complexity index is 639. The zero-order valence-electron chi connectivity index (χ0n) is 14.6. The van der Waals surface area contributed by atoms with Crippen molar-refractivity contribution >= 4 is 11.8 Å². The number of amides is 2. The summed E-state index contributed by atoms with van der Waals surface area (Å²) in [4.78, 5) is 24.1. The van der Waals surface area contributed by atoms with Gasteiger partial charge in [0, 0.05) is 25.1 Å². The zero-order chi connectivity index (χ0) is 17.9. The Morgan fingerprint density at radius 1 is 1.40 bits per heavy atom. The Hall–Kier alpha value is -1.93. The smallest absolute Gasteiger partial charge is 0.272 e. The molecular weight excluding hydrogens is 324 g/mol. The largest absolute Gasteiger partial charge is 0.389 e. The van der Waals surface area contributed by atoms with Gasteiger partial charge in [-0.1, -0.05) is 6.92 Å². The second kappa shape index (κ2) is 7.53. The Kier molecular flexibility index (Phi) is 5.39. The Balaban J connectivity index is 1.53. The van der Waals surface area contributed by atoms with E-state index in [1.807, 2.05) is 6.92 Å². The van der Waals surface area contributed by atoms with Gasteiger partial charge >= 0.3 is 0 Å². The Morgan fingerprint density at radius 2 is 2.20 bits per heavy atom. The van der Waals surface area contributed by atoms with Crippen LogP contribution in [-0.2, 0) is 22.6 Å². The summed E-state index contributed by atoms with van der Waals surface area (Å²) in [6.45, 7) is 3.30. The van der Waals surface area contributed by atoms with Crippen molar-refractivity contribution in [3.63, 3.8) is 0 Å². The van der Waals surface area contributed by atoms with E-state index in [2.05, 4.69) is 20.8 Å². The van der Waals surface area contributed by atoms with Crippen molar-refractivity contribution in [2.45, 2.75) is 63.8 Å². The molecule has 2 heterocycles. The number of hydrogen-bond acceptors (Lipinski definition) is 5. The summed E-state index contributed by atoms with van der Waals surface area (Å²) in [6, 6.07) is 0. The molecule has 2 amide bonds. The number of carbonyl (C=O) groups is 2. The molecule has 1 fully saturated rings. The van der Waals surface area contributed by atoms with Crippen LogP contribution in [0.25, 0.3) is 0 Å². The second-order valence-corrected chi connectivity index (χ2v) is 6.98. The summed E-state index contributed by atoms with van der Waals surface area (Å²) in [6.07, 6.45) is 3.67. The minimum absolute atomic E-state index is 0.140. The van der Waals surface area contributed by atoms with Crippen molar-refractivity contribution in [2.24, 2.45) is 0 Å². The first-order valence-corrected chi connectivity index (χ1v) is 8.96. The number of fused-ring (bicyclic) bond motifs is 1. The van der Waals surface area contributed by atoms with E-state index in [1.165, 1.54) is 0 Å². The molecule has 1 aromatic rings. The highest BCUT2D eigenvalue weighted by molar-refractivity contribution is 5.94. The van der Waals surface area contributed by atoms with Gasteiger partial charge < -0.3 is 20.5 Å². The number of H-pyrrole nitrogens is 1. The molecule has 2 aliphatic rings. The first kappa shape index (κ1) is 17.9. The molecule has 8 nitrogen and oxygen atoms in total. The van der Waals surface area contributed by atoms with Crippen molar-refractivity contribution in [3.8, 4) is 0 Å². The van der Waals surface area contributed by atoms with Gasteiger partial charge in [0.25, 0.3) is 5.91 Å². The molecule has 1 aliphatic carbocycles. The zero-order valence-corrected chi connectivity index (χ0v) is 14.6. The maximum Gasteiger partial charge on any atom is 0.272 e. The van der Waals surface area contributed by atoms with Crippen LogP contribution in [0.3, 0.4) is 0 Å². The Morgan fingerprint density at radius 3 is 2.88 bits per heavy atom. The van der Waals surface area contributed by atoms with E-state index < -0.39 is 5.60 Å². The first-order valence-electron chi connectivity index (χ1n) is 8.96. The van der Waals surface area contributed by atoms with E-state index in [0.29, 0.717) is 44.7 Å². The maximum absolute atomic E-state index is 12.2.